The van der Waals surface area contributed by atoms with Crippen LogP contribution in [0.3, 0.4) is 0 Å². The summed E-state index contributed by atoms with van der Waals surface area (Å²) in [6.45, 7) is 4.91. The van der Waals surface area contributed by atoms with Gasteiger partial charge in [-0.05, 0) is 18.1 Å². The van der Waals surface area contributed by atoms with E-state index in [4.69, 9.17) is 0 Å². The summed E-state index contributed by atoms with van der Waals surface area (Å²) < 4.78 is 1.78. The summed E-state index contributed by atoms with van der Waals surface area (Å²) in [5, 5.41) is 4.37. The Morgan fingerprint density at radius 1 is 0.968 bits per heavy atom. The number of anilines is 1. The first-order valence-electron chi connectivity index (χ1n) is 10.5. The third kappa shape index (κ3) is 3.86. The summed E-state index contributed by atoms with van der Waals surface area (Å²) in [4.78, 5) is 26.0. The van der Waals surface area contributed by atoms with Gasteiger partial charge in [0.1, 0.15) is 12.1 Å². The summed E-state index contributed by atoms with van der Waals surface area (Å²) >= 11 is 0. The van der Waals surface area contributed by atoms with E-state index in [1.807, 2.05) is 53.4 Å². The van der Waals surface area contributed by atoms with Gasteiger partial charge in [-0.15, -0.1) is 0 Å². The fraction of sp³-hybridized carbons (Fsp3) is 0.250. The smallest absolute Gasteiger partial charge is 0.254 e. The highest BCUT2D eigenvalue weighted by atomic mass is 16.2. The van der Waals surface area contributed by atoms with Crippen molar-refractivity contribution in [2.24, 2.45) is 0 Å². The molecule has 5 rings (SSSR count). The van der Waals surface area contributed by atoms with Crippen molar-refractivity contribution >= 4 is 17.5 Å². The molecule has 7 heteroatoms. The van der Waals surface area contributed by atoms with Crippen molar-refractivity contribution in [3.05, 3.63) is 78.1 Å². The highest BCUT2D eigenvalue weighted by molar-refractivity contribution is 5.79. The number of aryl methyl sites for hydroxylation is 1. The van der Waals surface area contributed by atoms with Crippen molar-refractivity contribution in [2.75, 3.05) is 31.1 Å². The van der Waals surface area contributed by atoms with Gasteiger partial charge in [0.05, 0.1) is 12.1 Å². The van der Waals surface area contributed by atoms with E-state index in [0.29, 0.717) is 25.3 Å². The second-order valence-electron chi connectivity index (χ2n) is 7.81. The van der Waals surface area contributed by atoms with Gasteiger partial charge in [-0.25, -0.2) is 4.98 Å². The Hall–Kier alpha value is -3.74. The monoisotopic (exact) mass is 412 g/mol. The molecule has 1 aliphatic heterocycles. The molecule has 0 unspecified atom stereocenters. The number of piperazine rings is 1. The summed E-state index contributed by atoms with van der Waals surface area (Å²) in [5.41, 5.74) is 4.17. The molecule has 1 saturated heterocycles. The van der Waals surface area contributed by atoms with Crippen LogP contribution < -0.4 is 4.90 Å². The molecule has 4 aromatic rings. The first-order chi connectivity index (χ1) is 15.2. The van der Waals surface area contributed by atoms with E-state index >= 15 is 0 Å². The highest BCUT2D eigenvalue weighted by Crippen LogP contribution is 2.24. The van der Waals surface area contributed by atoms with Crippen molar-refractivity contribution in [1.29, 1.82) is 0 Å². The first kappa shape index (κ1) is 19.2. The Labute approximate surface area is 181 Å². The summed E-state index contributed by atoms with van der Waals surface area (Å²) in [6.07, 6.45) is 1.98. The molecule has 2 aromatic carbocycles. The fourth-order valence-corrected chi connectivity index (χ4v) is 4.05. The molecule has 0 aliphatic carbocycles. The van der Waals surface area contributed by atoms with Crippen LogP contribution in [-0.2, 0) is 11.2 Å². The van der Waals surface area contributed by atoms with Crippen molar-refractivity contribution < 1.29 is 4.79 Å². The van der Waals surface area contributed by atoms with Crippen LogP contribution in [0.4, 0.5) is 5.82 Å². The third-order valence-electron chi connectivity index (χ3n) is 5.86. The van der Waals surface area contributed by atoms with Gasteiger partial charge in [0.2, 0.25) is 5.91 Å². The number of carbonyl (C=O) groups is 1. The molecular weight excluding hydrogens is 388 g/mol. The van der Waals surface area contributed by atoms with Crippen LogP contribution in [0, 0.1) is 6.92 Å². The van der Waals surface area contributed by atoms with E-state index in [0.717, 1.165) is 41.3 Å². The number of hydrogen-bond donors (Lipinski definition) is 0. The molecule has 0 radical (unpaired) electrons. The molecule has 1 aliphatic rings. The zero-order chi connectivity index (χ0) is 21.2. The van der Waals surface area contributed by atoms with Crippen molar-refractivity contribution in [2.45, 2.75) is 13.3 Å². The lowest BCUT2D eigenvalue weighted by Gasteiger charge is -2.36. The molecule has 1 fully saturated rings. The number of benzene rings is 2. The largest absolute Gasteiger partial charge is 0.353 e. The van der Waals surface area contributed by atoms with Gasteiger partial charge >= 0.3 is 0 Å². The van der Waals surface area contributed by atoms with E-state index in [-0.39, 0.29) is 5.91 Å². The Morgan fingerprint density at radius 3 is 2.48 bits per heavy atom. The maximum atomic E-state index is 12.8. The second kappa shape index (κ2) is 8.18. The van der Waals surface area contributed by atoms with Gasteiger partial charge in [0, 0.05) is 37.8 Å². The van der Waals surface area contributed by atoms with Crippen molar-refractivity contribution in [3.8, 4) is 11.3 Å². The lowest BCUT2D eigenvalue weighted by molar-refractivity contribution is -0.130. The normalized spacial score (nSPS) is 14.2. The van der Waals surface area contributed by atoms with Crippen LogP contribution >= 0.6 is 0 Å². The van der Waals surface area contributed by atoms with Crippen LogP contribution in [0.1, 0.15) is 11.1 Å². The number of rotatable bonds is 4. The van der Waals surface area contributed by atoms with Crippen LogP contribution in [0.5, 0.6) is 0 Å². The lowest BCUT2D eigenvalue weighted by atomic mass is 10.1. The summed E-state index contributed by atoms with van der Waals surface area (Å²) in [5.74, 6) is 1.71. The molecule has 3 heterocycles. The number of nitrogens with zero attached hydrogens (tertiary/aromatic N) is 6. The zero-order valence-electron chi connectivity index (χ0n) is 17.5. The lowest BCUT2D eigenvalue weighted by Crippen LogP contribution is -2.49. The highest BCUT2D eigenvalue weighted by Gasteiger charge is 2.24. The first-order valence-corrected chi connectivity index (χ1v) is 10.5. The number of fused-ring (bicyclic) bond motifs is 1. The van der Waals surface area contributed by atoms with Crippen molar-refractivity contribution in [1.82, 2.24) is 24.5 Å². The summed E-state index contributed by atoms with van der Waals surface area (Å²) in [7, 11) is 0. The Bertz CT molecular complexity index is 1210. The Morgan fingerprint density at radius 2 is 1.71 bits per heavy atom. The third-order valence-corrected chi connectivity index (χ3v) is 5.86. The molecule has 0 saturated carbocycles. The topological polar surface area (TPSA) is 66.6 Å². The van der Waals surface area contributed by atoms with E-state index < -0.39 is 0 Å². The summed E-state index contributed by atoms with van der Waals surface area (Å²) in [6, 6.07) is 20.2. The van der Waals surface area contributed by atoms with E-state index in [2.05, 4.69) is 39.0 Å². The van der Waals surface area contributed by atoms with Crippen LogP contribution in [0.15, 0.2) is 67.0 Å². The molecule has 2 aromatic heterocycles. The average molecular weight is 412 g/mol. The van der Waals surface area contributed by atoms with E-state index in [9.17, 15) is 4.79 Å². The molecule has 31 heavy (non-hydrogen) atoms. The van der Waals surface area contributed by atoms with Crippen LogP contribution in [-0.4, -0.2) is 56.6 Å². The molecule has 0 bridgehead atoms. The number of carbonyl (C=O) groups excluding carboxylic acids is 1. The fourth-order valence-electron chi connectivity index (χ4n) is 4.05. The Kier molecular flexibility index (Phi) is 5.08. The molecule has 0 atom stereocenters. The Balaban J connectivity index is 1.34. The minimum Gasteiger partial charge on any atom is -0.353 e. The number of aromatic nitrogens is 4. The maximum Gasteiger partial charge on any atom is 0.254 e. The zero-order valence-corrected chi connectivity index (χ0v) is 17.5. The second-order valence-corrected chi connectivity index (χ2v) is 7.81. The molecule has 0 spiro atoms. The number of amides is 1. The predicted molar refractivity (Wildman–Crippen MR) is 120 cm³/mol. The number of hydrogen-bond acceptors (Lipinski definition) is 5. The van der Waals surface area contributed by atoms with E-state index in [1.165, 1.54) is 6.33 Å². The molecule has 1 amide bonds. The predicted octanol–water partition coefficient (Wildman–Crippen LogP) is 2.99. The molecule has 156 valence electrons. The van der Waals surface area contributed by atoms with Crippen molar-refractivity contribution in [3.63, 3.8) is 0 Å². The van der Waals surface area contributed by atoms with Crippen LogP contribution in [0.25, 0.3) is 17.0 Å². The average Bonchev–Trinajstić information content (AvgIpc) is 3.29. The molecule has 7 nitrogen and oxygen atoms in total. The van der Waals surface area contributed by atoms with Gasteiger partial charge < -0.3 is 9.80 Å². The minimum absolute atomic E-state index is 0.180. The molecule has 0 N–H and O–H groups in total. The standard InChI is InChI=1S/C24H24N6O/c1-18-7-5-6-10-20(18)15-23(31)29-13-11-28(12-14-29)22-16-21(19-8-3-2-4-9-19)27-24-25-17-26-30(22)24/h2-10,16-17H,11-15H2,1H3. The van der Waals surface area contributed by atoms with Gasteiger partial charge in [-0.1, -0.05) is 54.6 Å². The van der Waals surface area contributed by atoms with Crippen LogP contribution in [0.2, 0.25) is 0 Å². The SMILES string of the molecule is Cc1ccccc1CC(=O)N1CCN(c2cc(-c3ccccc3)nc3ncnn23)CC1. The van der Waals surface area contributed by atoms with Gasteiger partial charge in [-0.3, -0.25) is 4.79 Å². The van der Waals surface area contributed by atoms with Gasteiger partial charge in [0.15, 0.2) is 0 Å². The molecular formula is C24H24N6O. The quantitative estimate of drug-likeness (QED) is 0.516. The maximum absolute atomic E-state index is 12.8. The van der Waals surface area contributed by atoms with Gasteiger partial charge in [-0.2, -0.15) is 14.6 Å². The van der Waals surface area contributed by atoms with E-state index in [1.54, 1.807) is 4.52 Å². The van der Waals surface area contributed by atoms with Gasteiger partial charge in [0.25, 0.3) is 5.78 Å². The minimum atomic E-state index is 0.180.